The van der Waals surface area contributed by atoms with E-state index in [4.69, 9.17) is 14.6 Å². The van der Waals surface area contributed by atoms with Crippen LogP contribution in [0.4, 0.5) is 5.69 Å². The summed E-state index contributed by atoms with van der Waals surface area (Å²) in [4.78, 5) is 21.9. The van der Waals surface area contributed by atoms with Crippen LogP contribution >= 0.6 is 0 Å². The predicted octanol–water partition coefficient (Wildman–Crippen LogP) is 4.39. The molecule has 0 spiro atoms. The molecular weight excluding hydrogens is 326 g/mol. The van der Waals surface area contributed by atoms with Gasteiger partial charge in [-0.25, -0.2) is 4.79 Å². The molecule has 7 nitrogen and oxygen atoms in total. The summed E-state index contributed by atoms with van der Waals surface area (Å²) < 4.78 is 11.9. The van der Waals surface area contributed by atoms with Gasteiger partial charge in [0.25, 0.3) is 0 Å². The largest absolute Gasteiger partial charge is 0.478 e. The number of nitro groups is 1. The van der Waals surface area contributed by atoms with E-state index in [1.54, 1.807) is 0 Å². The predicted molar refractivity (Wildman–Crippen MR) is 91.9 cm³/mol. The number of benzene rings is 1. The van der Waals surface area contributed by atoms with Crippen molar-refractivity contribution in [2.45, 2.75) is 65.3 Å². The number of nitro benzene ring substituents is 1. The van der Waals surface area contributed by atoms with Crippen LogP contribution in [0.2, 0.25) is 0 Å². The number of hydrogen-bond acceptors (Lipinski definition) is 5. The smallest absolute Gasteiger partial charge is 0.335 e. The molecule has 1 saturated carbocycles. The lowest BCUT2D eigenvalue weighted by atomic mass is 9.94. The van der Waals surface area contributed by atoms with Crippen LogP contribution in [-0.2, 0) is 4.74 Å². The summed E-state index contributed by atoms with van der Waals surface area (Å²) in [5.74, 6) is -1.25. The summed E-state index contributed by atoms with van der Waals surface area (Å²) in [6.07, 6.45) is 4.60. The molecule has 0 saturated heterocycles. The summed E-state index contributed by atoms with van der Waals surface area (Å²) in [6, 6.07) is 3.53. The van der Waals surface area contributed by atoms with Gasteiger partial charge in [-0.3, -0.25) is 10.1 Å². The van der Waals surface area contributed by atoms with E-state index < -0.39 is 22.6 Å². The molecule has 1 unspecified atom stereocenters. The van der Waals surface area contributed by atoms with Gasteiger partial charge >= 0.3 is 11.7 Å². The third-order valence-electron chi connectivity index (χ3n) is 4.21. The quantitative estimate of drug-likeness (QED) is 0.463. The van der Waals surface area contributed by atoms with Crippen LogP contribution in [0.3, 0.4) is 0 Å². The fraction of sp³-hybridized carbons (Fsp3) is 0.611. The van der Waals surface area contributed by atoms with Crippen molar-refractivity contribution in [3.63, 3.8) is 0 Å². The molecule has 0 heterocycles. The van der Waals surface area contributed by atoms with Gasteiger partial charge in [-0.1, -0.05) is 40.0 Å². The molecule has 25 heavy (non-hydrogen) atoms. The summed E-state index contributed by atoms with van der Waals surface area (Å²) >= 11 is 0. The molecule has 1 fully saturated rings. The maximum absolute atomic E-state index is 11.3. The van der Waals surface area contributed by atoms with Crippen molar-refractivity contribution in [1.82, 2.24) is 0 Å². The molecule has 7 heteroatoms. The van der Waals surface area contributed by atoms with Crippen molar-refractivity contribution in [3.05, 3.63) is 33.9 Å². The lowest BCUT2D eigenvalue weighted by Crippen LogP contribution is -2.38. The maximum atomic E-state index is 11.3. The van der Waals surface area contributed by atoms with Crippen LogP contribution in [0.5, 0.6) is 5.75 Å². The van der Waals surface area contributed by atoms with E-state index in [-0.39, 0.29) is 23.1 Å². The average molecular weight is 351 g/mol. The fourth-order valence-electron chi connectivity index (χ4n) is 2.79. The van der Waals surface area contributed by atoms with Crippen LogP contribution in [0.1, 0.15) is 63.2 Å². The van der Waals surface area contributed by atoms with Crippen LogP contribution < -0.4 is 4.74 Å². The van der Waals surface area contributed by atoms with E-state index in [0.717, 1.165) is 31.7 Å². The molecule has 138 valence electrons. The highest BCUT2D eigenvalue weighted by molar-refractivity contribution is 5.88. The number of nitrogens with zero attached hydrogens (tertiary/aromatic N) is 1. The Bertz CT molecular complexity index is 631. The number of carbonyl (C=O) groups is 1. The molecule has 0 aliphatic heterocycles. The van der Waals surface area contributed by atoms with E-state index in [1.807, 2.05) is 20.8 Å². The minimum Gasteiger partial charge on any atom is -0.478 e. The van der Waals surface area contributed by atoms with Crippen molar-refractivity contribution in [1.29, 1.82) is 0 Å². The zero-order valence-electron chi connectivity index (χ0n) is 14.9. The van der Waals surface area contributed by atoms with Gasteiger partial charge in [-0.15, -0.1) is 0 Å². The number of hydrogen-bond donors (Lipinski definition) is 1. The molecule has 2 rings (SSSR count). The minimum atomic E-state index is -1.17. The molecule has 1 aromatic rings. The Morgan fingerprint density at radius 3 is 2.44 bits per heavy atom. The highest BCUT2D eigenvalue weighted by atomic mass is 16.7. The first-order valence-electron chi connectivity index (χ1n) is 8.52. The standard InChI is InChI=1S/C18H25NO6/c1-18(2,3)17(24-13-7-5-4-6-8-13)25-15-11-12(16(20)21)9-10-14(15)19(22)23/h9-11,13,17H,4-8H2,1-3H3,(H,20,21). The molecule has 1 aromatic carbocycles. The van der Waals surface area contributed by atoms with Gasteiger partial charge in [-0.05, 0) is 18.9 Å². The zero-order chi connectivity index (χ0) is 18.6. The molecule has 0 amide bonds. The fourth-order valence-corrected chi connectivity index (χ4v) is 2.79. The monoisotopic (exact) mass is 351 g/mol. The normalized spacial score (nSPS) is 17.1. The zero-order valence-corrected chi connectivity index (χ0v) is 14.9. The van der Waals surface area contributed by atoms with E-state index in [0.29, 0.717) is 0 Å². The van der Waals surface area contributed by atoms with Crippen molar-refractivity contribution in [2.75, 3.05) is 0 Å². The minimum absolute atomic E-state index is 0.0553. The molecular formula is C18H25NO6. The molecule has 1 N–H and O–H groups in total. The van der Waals surface area contributed by atoms with Crippen molar-refractivity contribution < 1.29 is 24.3 Å². The number of ether oxygens (including phenoxy) is 2. The summed E-state index contributed by atoms with van der Waals surface area (Å²) in [6.45, 7) is 5.77. The van der Waals surface area contributed by atoms with Crippen LogP contribution in [0.25, 0.3) is 0 Å². The lowest BCUT2D eigenvalue weighted by Gasteiger charge is -2.35. The molecule has 0 bridgehead atoms. The first-order valence-corrected chi connectivity index (χ1v) is 8.52. The number of carboxylic acid groups (broad SMARTS) is 1. The van der Waals surface area contributed by atoms with Gasteiger partial charge in [0.05, 0.1) is 16.6 Å². The van der Waals surface area contributed by atoms with E-state index in [9.17, 15) is 14.9 Å². The Morgan fingerprint density at radius 1 is 1.28 bits per heavy atom. The number of carboxylic acids is 1. The summed E-state index contributed by atoms with van der Waals surface area (Å²) in [5.41, 5.74) is -0.762. The van der Waals surface area contributed by atoms with Crippen molar-refractivity contribution in [3.8, 4) is 5.75 Å². The van der Waals surface area contributed by atoms with E-state index in [2.05, 4.69) is 0 Å². The maximum Gasteiger partial charge on any atom is 0.335 e. The highest BCUT2D eigenvalue weighted by Gasteiger charge is 2.33. The second kappa shape index (κ2) is 7.82. The van der Waals surface area contributed by atoms with Gasteiger partial charge in [0, 0.05) is 17.5 Å². The first-order chi connectivity index (χ1) is 11.7. The Labute approximate surface area is 147 Å². The van der Waals surface area contributed by atoms with Crippen LogP contribution in [0, 0.1) is 15.5 Å². The molecule has 1 aliphatic carbocycles. The number of rotatable bonds is 6. The third-order valence-corrected chi connectivity index (χ3v) is 4.21. The highest BCUT2D eigenvalue weighted by Crippen LogP contribution is 2.35. The van der Waals surface area contributed by atoms with Gasteiger partial charge < -0.3 is 14.6 Å². The molecule has 1 atom stereocenters. The molecule has 0 aromatic heterocycles. The van der Waals surface area contributed by atoms with Gasteiger partial charge in [0.1, 0.15) is 0 Å². The van der Waals surface area contributed by atoms with Gasteiger partial charge in [-0.2, -0.15) is 0 Å². The first kappa shape index (κ1) is 19.2. The van der Waals surface area contributed by atoms with E-state index >= 15 is 0 Å². The van der Waals surface area contributed by atoms with Gasteiger partial charge in [0.2, 0.25) is 12.0 Å². The average Bonchev–Trinajstić information content (AvgIpc) is 2.54. The SMILES string of the molecule is CC(C)(C)C(Oc1cc(C(=O)O)ccc1[N+](=O)[O-])OC1CCCCC1. The Kier molecular flexibility index (Phi) is 6.00. The second-order valence-corrected chi connectivity index (χ2v) is 7.46. The van der Waals surface area contributed by atoms with Crippen LogP contribution in [0.15, 0.2) is 18.2 Å². The van der Waals surface area contributed by atoms with Crippen molar-refractivity contribution >= 4 is 11.7 Å². The molecule has 0 radical (unpaired) electrons. The lowest BCUT2D eigenvalue weighted by molar-refractivity contribution is -0.386. The van der Waals surface area contributed by atoms with Gasteiger partial charge in [0.15, 0.2) is 0 Å². The Hall–Kier alpha value is -2.15. The topological polar surface area (TPSA) is 98.9 Å². The summed E-state index contributed by atoms with van der Waals surface area (Å²) in [5, 5.41) is 20.4. The number of aromatic carboxylic acids is 1. The van der Waals surface area contributed by atoms with E-state index in [1.165, 1.54) is 18.6 Å². The summed E-state index contributed by atoms with van der Waals surface area (Å²) in [7, 11) is 0. The Balaban J connectivity index is 2.28. The molecule has 1 aliphatic rings. The second-order valence-electron chi connectivity index (χ2n) is 7.46. The van der Waals surface area contributed by atoms with Crippen molar-refractivity contribution in [2.24, 2.45) is 5.41 Å². The Morgan fingerprint density at radius 2 is 1.92 bits per heavy atom. The third kappa shape index (κ3) is 5.16. The van der Waals surface area contributed by atoms with Crippen LogP contribution in [-0.4, -0.2) is 28.4 Å².